The molecule has 277 valence electrons. The number of para-hydroxylation sites is 2. The van der Waals surface area contributed by atoms with Crippen LogP contribution in [0.1, 0.15) is 61.4 Å². The second-order valence-corrected chi connectivity index (χ2v) is 21.0. The van der Waals surface area contributed by atoms with Gasteiger partial charge in [0, 0.05) is 44.5 Å². The third-order valence-electron chi connectivity index (χ3n) is 9.80. The van der Waals surface area contributed by atoms with Crippen LogP contribution in [0.2, 0.25) is 19.6 Å². The Morgan fingerprint density at radius 2 is 1.53 bits per heavy atom. The molecule has 9 rings (SSSR count). The Morgan fingerprint density at radius 3 is 2.29 bits per heavy atom. The van der Waals surface area contributed by atoms with Crippen LogP contribution in [0.3, 0.4) is 0 Å². The molecule has 2 aromatic heterocycles. The van der Waals surface area contributed by atoms with Gasteiger partial charge in [-0.05, 0) is 62.4 Å². The van der Waals surface area contributed by atoms with Gasteiger partial charge in [-0.2, -0.15) is 0 Å². The molecule has 1 aliphatic rings. The van der Waals surface area contributed by atoms with E-state index in [-0.39, 0.29) is 31.6 Å². The molecule has 1 atom stereocenters. The number of hydrogen-bond acceptors (Lipinski definition) is 3. The van der Waals surface area contributed by atoms with Crippen molar-refractivity contribution in [3.8, 4) is 11.3 Å². The predicted molar refractivity (Wildman–Crippen MR) is 230 cm³/mol. The number of benzene rings is 6. The largest absolute Gasteiger partial charge is 0.501 e. The molecule has 0 bridgehead atoms. The van der Waals surface area contributed by atoms with Crippen molar-refractivity contribution in [2.45, 2.75) is 59.6 Å². The first-order valence-corrected chi connectivity index (χ1v) is 21.9. The summed E-state index contributed by atoms with van der Waals surface area (Å²) in [7, 11) is -1.81. The number of hydrogen-bond donors (Lipinski definition) is 0. The molecule has 55 heavy (non-hydrogen) atoms. The maximum absolute atomic E-state index is 8.79. The molecule has 5 heteroatoms. The molecular weight excluding hydrogens is 865 g/mol. The molecule has 0 saturated carbocycles. The summed E-state index contributed by atoms with van der Waals surface area (Å²) in [5, 5.41) is 5.71. The van der Waals surface area contributed by atoms with Crippen LogP contribution in [0, 0.1) is 24.4 Å². The topological polar surface area (TPSA) is 38.4 Å². The molecule has 0 fully saturated rings. The molecule has 0 saturated heterocycles. The van der Waals surface area contributed by atoms with Crippen LogP contribution in [0.5, 0.6) is 0 Å². The summed E-state index contributed by atoms with van der Waals surface area (Å²) >= 11 is 0. The fourth-order valence-corrected chi connectivity index (χ4v) is 8.76. The molecular formula is C50H46IrN2OSi-2. The maximum atomic E-state index is 8.79. The molecule has 3 heterocycles. The van der Waals surface area contributed by atoms with Crippen molar-refractivity contribution in [3.63, 3.8) is 0 Å². The molecule has 0 spiro atoms. The molecule has 8 aromatic rings. The van der Waals surface area contributed by atoms with Gasteiger partial charge in [0.05, 0.1) is 19.3 Å². The van der Waals surface area contributed by atoms with Gasteiger partial charge in [0.1, 0.15) is 5.58 Å². The summed E-state index contributed by atoms with van der Waals surface area (Å²) in [6, 6.07) is 48.8. The molecule has 0 amide bonds. The molecule has 1 unspecified atom stereocenters. The van der Waals surface area contributed by atoms with Gasteiger partial charge >= 0.3 is 0 Å². The first kappa shape index (κ1) is 32.3. The van der Waals surface area contributed by atoms with Gasteiger partial charge < -0.3 is 9.40 Å². The van der Waals surface area contributed by atoms with E-state index in [0.29, 0.717) is 16.8 Å². The van der Waals surface area contributed by atoms with Gasteiger partial charge in [0.25, 0.3) is 0 Å². The van der Waals surface area contributed by atoms with Crippen molar-refractivity contribution < 1.29 is 31.4 Å². The average molecular weight is 916 g/mol. The van der Waals surface area contributed by atoms with E-state index in [2.05, 4.69) is 122 Å². The van der Waals surface area contributed by atoms with Gasteiger partial charge in [-0.1, -0.05) is 149 Å². The third-order valence-corrected chi connectivity index (χ3v) is 11.8. The minimum atomic E-state index is -2.17. The minimum Gasteiger partial charge on any atom is -0.501 e. The first-order chi connectivity index (χ1) is 27.9. The summed E-state index contributed by atoms with van der Waals surface area (Å²) in [6.45, 7) is 10.1. The van der Waals surface area contributed by atoms with Crippen LogP contribution >= 0.6 is 0 Å². The first-order valence-electron chi connectivity index (χ1n) is 20.9. The van der Waals surface area contributed by atoms with Crippen LogP contribution in [0.25, 0.3) is 44.0 Å². The van der Waals surface area contributed by atoms with Gasteiger partial charge in [-0.25, -0.2) is 0 Å². The Bertz CT molecular complexity index is 2880. The quantitative estimate of drug-likeness (QED) is 0.127. The van der Waals surface area contributed by atoms with Crippen LogP contribution in [-0.4, -0.2) is 18.8 Å². The smallest absolute Gasteiger partial charge is 0.120 e. The standard InChI is InChI=1S/C30H18NO.C20H28NSi.Ir/c1-2-11-20-19(9-1)10-7-14-22(20)28-24-13-3-5-17-26(24)31-29(28)25-16-8-15-23-21-12-4-6-18-27(21)32-30(23)25;1-15-8-10-16(11-9-15)18-12-17(13-20(2,3)4)19(14-21-18)22(5,6)7;/h1-15,17-18,28H;8-10,12,14H,13H2,1-7H3;/q2*-1;/i;1D3,13D2;. The normalized spacial score (nSPS) is 15.8. The average Bonchev–Trinajstić information content (AvgIpc) is 3.79. The van der Waals surface area contributed by atoms with Gasteiger partial charge in [0.15, 0.2) is 0 Å². The van der Waals surface area contributed by atoms with Crippen molar-refractivity contribution >= 4 is 57.4 Å². The van der Waals surface area contributed by atoms with Crippen molar-refractivity contribution in [2.24, 2.45) is 10.4 Å². The SMILES string of the molecule is [2H]C([2H])([2H])c1c[c-]c(-c2cc(C([2H])([2H])C(C)(C)C)c([Si](C)(C)C)cn2)cc1.[Ir].[c-]1ccc2c(oc3ccccc32)c1C1=Nc2ccccc2C1c1cccc2ccccc12. The number of rotatable bonds is 5. The Labute approximate surface area is 347 Å². The molecule has 0 aliphatic carbocycles. The minimum absolute atomic E-state index is 0. The molecule has 1 aliphatic heterocycles. The van der Waals surface area contributed by atoms with E-state index in [1.165, 1.54) is 28.0 Å². The van der Waals surface area contributed by atoms with Crippen LogP contribution < -0.4 is 5.19 Å². The number of fused-ring (bicyclic) bond motifs is 5. The van der Waals surface area contributed by atoms with E-state index in [9.17, 15) is 0 Å². The van der Waals surface area contributed by atoms with E-state index in [1.54, 1.807) is 18.3 Å². The second kappa shape index (κ2) is 15.3. The van der Waals surface area contributed by atoms with Crippen molar-refractivity contribution in [3.05, 3.63) is 174 Å². The second-order valence-electron chi connectivity index (χ2n) is 16.0. The van der Waals surface area contributed by atoms with Gasteiger partial charge in [-0.15, -0.1) is 53.6 Å². The van der Waals surface area contributed by atoms with Crippen molar-refractivity contribution in [1.82, 2.24) is 4.98 Å². The zero-order chi connectivity index (χ0) is 41.9. The van der Waals surface area contributed by atoms with E-state index in [4.69, 9.17) is 16.3 Å². The Kier molecular flexibility index (Phi) is 8.99. The number of furan rings is 1. The van der Waals surface area contributed by atoms with E-state index in [1.807, 2.05) is 45.0 Å². The monoisotopic (exact) mass is 916 g/mol. The van der Waals surface area contributed by atoms with Crippen LogP contribution in [-0.2, 0) is 26.5 Å². The number of aryl methyl sites for hydroxylation is 1. The van der Waals surface area contributed by atoms with E-state index < -0.39 is 26.7 Å². The Balaban J connectivity index is 0.000000182. The maximum Gasteiger partial charge on any atom is 0.120 e. The van der Waals surface area contributed by atoms with Gasteiger partial charge in [0.2, 0.25) is 0 Å². The third kappa shape index (κ3) is 7.80. The van der Waals surface area contributed by atoms with E-state index >= 15 is 0 Å². The Morgan fingerprint density at radius 1 is 0.800 bits per heavy atom. The summed E-state index contributed by atoms with van der Waals surface area (Å²) in [6.07, 6.45) is 0.269. The predicted octanol–water partition coefficient (Wildman–Crippen LogP) is 12.8. The summed E-state index contributed by atoms with van der Waals surface area (Å²) in [5.41, 5.74) is 8.77. The molecule has 1 radical (unpaired) electrons. The number of pyridine rings is 1. The zero-order valence-electron chi connectivity index (χ0n) is 36.9. The van der Waals surface area contributed by atoms with Crippen molar-refractivity contribution in [2.75, 3.05) is 0 Å². The van der Waals surface area contributed by atoms with E-state index in [0.717, 1.165) is 44.1 Å². The summed E-state index contributed by atoms with van der Waals surface area (Å²) in [5.74, 6) is 0.0207. The number of nitrogens with zero attached hydrogens (tertiary/aromatic N) is 2. The summed E-state index contributed by atoms with van der Waals surface area (Å²) in [4.78, 5) is 9.69. The summed E-state index contributed by atoms with van der Waals surface area (Å²) < 4.78 is 46.4. The zero-order valence-corrected chi connectivity index (χ0v) is 35.3. The fourth-order valence-electron chi connectivity index (χ4n) is 7.36. The molecule has 6 aromatic carbocycles. The van der Waals surface area contributed by atoms with Crippen LogP contribution in [0.15, 0.2) is 143 Å². The molecule has 0 N–H and O–H groups in total. The van der Waals surface area contributed by atoms with Crippen molar-refractivity contribution in [1.29, 1.82) is 0 Å². The van der Waals surface area contributed by atoms with Crippen LogP contribution in [0.4, 0.5) is 5.69 Å². The number of aromatic nitrogens is 1. The molecule has 3 nitrogen and oxygen atoms in total. The Hall–Kier alpha value is -4.93. The number of aliphatic imine (C=N–C) groups is 1. The van der Waals surface area contributed by atoms with Gasteiger partial charge in [-0.3, -0.25) is 4.99 Å². The fraction of sp³-hybridized carbons (Fsp3) is 0.200.